The molecule has 1 aromatic heterocycles. The molecule has 1 aliphatic rings. The number of thiophene rings is 1. The van der Waals surface area contributed by atoms with Crippen molar-refractivity contribution in [3.63, 3.8) is 0 Å². The quantitative estimate of drug-likeness (QED) is 0.907. The monoisotopic (exact) mass is 335 g/mol. The van der Waals surface area contributed by atoms with E-state index in [9.17, 15) is 14.0 Å². The summed E-state index contributed by atoms with van der Waals surface area (Å²) < 4.78 is 14.3. The van der Waals surface area contributed by atoms with E-state index < -0.39 is 11.9 Å². The molecular weight excluding hydrogens is 317 g/mol. The average molecular weight is 335 g/mol. The lowest BCUT2D eigenvalue weighted by atomic mass is 10.1. The first kappa shape index (κ1) is 15.9. The summed E-state index contributed by atoms with van der Waals surface area (Å²) in [6.07, 6.45) is 1.83. The molecule has 1 unspecified atom stereocenters. The van der Waals surface area contributed by atoms with Gasteiger partial charge < -0.3 is 10.0 Å². The van der Waals surface area contributed by atoms with Crippen molar-refractivity contribution in [1.82, 2.24) is 4.90 Å². The fourth-order valence-corrected chi connectivity index (χ4v) is 3.83. The van der Waals surface area contributed by atoms with E-state index in [1.165, 1.54) is 23.5 Å². The van der Waals surface area contributed by atoms with Crippen molar-refractivity contribution in [1.29, 1.82) is 0 Å². The molecule has 1 saturated carbocycles. The van der Waals surface area contributed by atoms with Crippen LogP contribution in [-0.4, -0.2) is 34.5 Å². The predicted octanol–water partition coefficient (Wildman–Crippen LogP) is 3.67. The summed E-state index contributed by atoms with van der Waals surface area (Å²) in [6.45, 7) is 3.64. The number of halogens is 1. The zero-order chi connectivity index (χ0) is 16.7. The van der Waals surface area contributed by atoms with Gasteiger partial charge in [0.05, 0.1) is 10.8 Å². The summed E-state index contributed by atoms with van der Waals surface area (Å²) in [4.78, 5) is 26.3. The summed E-state index contributed by atoms with van der Waals surface area (Å²) in [5.41, 5.74) is 0.767. The molecule has 4 nitrogen and oxygen atoms in total. The van der Waals surface area contributed by atoms with Gasteiger partial charge in [0.25, 0.3) is 5.91 Å². The average Bonchev–Trinajstić information content (AvgIpc) is 3.29. The van der Waals surface area contributed by atoms with Crippen molar-refractivity contribution in [2.75, 3.05) is 6.54 Å². The molecule has 1 N–H and O–H groups in total. The van der Waals surface area contributed by atoms with E-state index in [1.54, 1.807) is 17.9 Å². The van der Waals surface area contributed by atoms with Crippen LogP contribution in [0, 0.1) is 18.7 Å². The number of carbonyl (C=O) groups is 2. The number of benzene rings is 1. The number of hydrogen-bond donors (Lipinski definition) is 1. The van der Waals surface area contributed by atoms with Crippen LogP contribution >= 0.6 is 11.3 Å². The molecule has 1 atom stereocenters. The number of aryl methyl sites for hydroxylation is 1. The molecule has 1 fully saturated rings. The Morgan fingerprint density at radius 2 is 2.13 bits per heavy atom. The number of nitrogens with zero attached hydrogens (tertiary/aromatic N) is 1. The molecule has 0 bridgehead atoms. The van der Waals surface area contributed by atoms with Crippen molar-refractivity contribution in [2.24, 2.45) is 5.92 Å². The highest BCUT2D eigenvalue weighted by molar-refractivity contribution is 7.21. The van der Waals surface area contributed by atoms with Gasteiger partial charge in [-0.3, -0.25) is 9.59 Å². The highest BCUT2D eigenvalue weighted by Crippen LogP contribution is 2.35. The molecule has 0 aliphatic heterocycles. The molecule has 6 heteroatoms. The van der Waals surface area contributed by atoms with E-state index in [0.717, 1.165) is 28.5 Å². The first-order chi connectivity index (χ1) is 10.9. The van der Waals surface area contributed by atoms with E-state index in [4.69, 9.17) is 5.11 Å². The van der Waals surface area contributed by atoms with Crippen molar-refractivity contribution < 1.29 is 19.1 Å². The first-order valence-electron chi connectivity index (χ1n) is 7.61. The third-order valence-corrected chi connectivity index (χ3v) is 5.49. The predicted molar refractivity (Wildman–Crippen MR) is 87.4 cm³/mol. The van der Waals surface area contributed by atoms with Crippen LogP contribution in [0.4, 0.5) is 4.39 Å². The van der Waals surface area contributed by atoms with Crippen molar-refractivity contribution >= 4 is 33.3 Å². The van der Waals surface area contributed by atoms with Gasteiger partial charge in [-0.1, -0.05) is 6.92 Å². The molecule has 1 amide bonds. The van der Waals surface area contributed by atoms with Crippen LogP contribution in [0.25, 0.3) is 10.1 Å². The van der Waals surface area contributed by atoms with Gasteiger partial charge in [-0.05, 0) is 48.9 Å². The van der Waals surface area contributed by atoms with Crippen LogP contribution < -0.4 is 0 Å². The number of rotatable bonds is 5. The lowest BCUT2D eigenvalue weighted by Crippen LogP contribution is -2.38. The maximum absolute atomic E-state index is 13.4. The second-order valence-electron chi connectivity index (χ2n) is 6.12. The largest absolute Gasteiger partial charge is 0.481 e. The van der Waals surface area contributed by atoms with E-state index in [-0.39, 0.29) is 24.3 Å². The number of carboxylic acid groups (broad SMARTS) is 1. The van der Waals surface area contributed by atoms with Gasteiger partial charge in [-0.25, -0.2) is 4.39 Å². The highest BCUT2D eigenvalue weighted by atomic mass is 32.1. The first-order valence-corrected chi connectivity index (χ1v) is 8.42. The summed E-state index contributed by atoms with van der Waals surface area (Å²) in [5, 5.41) is 9.86. The number of carbonyl (C=O) groups excluding carboxylic acids is 1. The van der Waals surface area contributed by atoms with Gasteiger partial charge in [0, 0.05) is 17.3 Å². The minimum Gasteiger partial charge on any atom is -0.481 e. The molecule has 0 radical (unpaired) electrons. The standard InChI is InChI=1S/C17H18FNO3S/c1-9(17(21)22)8-19(12-4-5-12)16(20)15-10(2)13-7-11(18)3-6-14(13)23-15/h3,6-7,9,12H,4-5,8H2,1-2H3,(H,21,22). The fourth-order valence-electron chi connectivity index (χ4n) is 2.68. The van der Waals surface area contributed by atoms with Gasteiger partial charge in [-0.15, -0.1) is 11.3 Å². The molecule has 122 valence electrons. The van der Waals surface area contributed by atoms with Crippen molar-refractivity contribution in [2.45, 2.75) is 32.7 Å². The van der Waals surface area contributed by atoms with Gasteiger partial charge in [-0.2, -0.15) is 0 Å². The molecule has 1 aromatic carbocycles. The lowest BCUT2D eigenvalue weighted by Gasteiger charge is -2.24. The van der Waals surface area contributed by atoms with Crippen LogP contribution in [0.15, 0.2) is 18.2 Å². The van der Waals surface area contributed by atoms with Gasteiger partial charge >= 0.3 is 5.97 Å². The number of aliphatic carboxylic acids is 1. The molecule has 1 heterocycles. The second-order valence-corrected chi connectivity index (χ2v) is 7.18. The zero-order valence-electron chi connectivity index (χ0n) is 13.0. The minimum absolute atomic E-state index is 0.130. The topological polar surface area (TPSA) is 57.6 Å². The number of carboxylic acids is 1. The second kappa shape index (κ2) is 5.92. The maximum Gasteiger partial charge on any atom is 0.308 e. The van der Waals surface area contributed by atoms with Gasteiger partial charge in [0.2, 0.25) is 0 Å². The molecule has 3 rings (SSSR count). The molecule has 2 aromatic rings. The molecule has 23 heavy (non-hydrogen) atoms. The number of hydrogen-bond acceptors (Lipinski definition) is 3. The van der Waals surface area contributed by atoms with Crippen LogP contribution in [0.5, 0.6) is 0 Å². The SMILES string of the molecule is Cc1c(C(=O)N(CC(C)C(=O)O)C2CC2)sc2ccc(F)cc12. The Morgan fingerprint density at radius 1 is 1.43 bits per heavy atom. The summed E-state index contributed by atoms with van der Waals surface area (Å²) in [7, 11) is 0. The number of amides is 1. The summed E-state index contributed by atoms with van der Waals surface area (Å²) in [5.74, 6) is -1.97. The van der Waals surface area contributed by atoms with Crippen LogP contribution in [0.3, 0.4) is 0 Å². The number of fused-ring (bicyclic) bond motifs is 1. The van der Waals surface area contributed by atoms with Gasteiger partial charge in [0.15, 0.2) is 0 Å². The van der Waals surface area contributed by atoms with Crippen LogP contribution in [-0.2, 0) is 4.79 Å². The zero-order valence-corrected chi connectivity index (χ0v) is 13.8. The van der Waals surface area contributed by atoms with Crippen LogP contribution in [0.1, 0.15) is 35.0 Å². The Hall–Kier alpha value is -1.95. The summed E-state index contributed by atoms with van der Waals surface area (Å²) >= 11 is 1.34. The smallest absolute Gasteiger partial charge is 0.308 e. The molecule has 1 aliphatic carbocycles. The fraction of sp³-hybridized carbons (Fsp3) is 0.412. The Labute approximate surface area is 137 Å². The van der Waals surface area contributed by atoms with Crippen LogP contribution in [0.2, 0.25) is 0 Å². The summed E-state index contributed by atoms with van der Waals surface area (Å²) in [6, 6.07) is 4.64. The Bertz CT molecular complexity index is 781. The molecular formula is C17H18FNO3S. The highest BCUT2D eigenvalue weighted by Gasteiger charge is 2.36. The van der Waals surface area contributed by atoms with E-state index in [0.29, 0.717) is 4.88 Å². The molecule has 0 saturated heterocycles. The maximum atomic E-state index is 13.4. The van der Waals surface area contributed by atoms with Gasteiger partial charge in [0.1, 0.15) is 5.82 Å². The third kappa shape index (κ3) is 3.08. The normalized spacial score (nSPS) is 15.6. The third-order valence-electron chi connectivity index (χ3n) is 4.23. The van der Waals surface area contributed by atoms with Crippen molar-refractivity contribution in [3.8, 4) is 0 Å². The van der Waals surface area contributed by atoms with E-state index in [2.05, 4.69) is 0 Å². The Kier molecular flexibility index (Phi) is 4.10. The Morgan fingerprint density at radius 3 is 2.74 bits per heavy atom. The minimum atomic E-state index is -0.904. The van der Waals surface area contributed by atoms with Crippen molar-refractivity contribution in [3.05, 3.63) is 34.5 Å². The lowest BCUT2D eigenvalue weighted by molar-refractivity contribution is -0.141. The Balaban J connectivity index is 1.94. The molecule has 0 spiro atoms. The van der Waals surface area contributed by atoms with E-state index in [1.807, 2.05) is 6.92 Å². The van der Waals surface area contributed by atoms with E-state index >= 15 is 0 Å².